The maximum atomic E-state index is 10.7. The van der Waals surface area contributed by atoms with Crippen LogP contribution in [0.25, 0.3) is 10.1 Å². The van der Waals surface area contributed by atoms with Crippen molar-refractivity contribution >= 4 is 21.4 Å². The molecule has 1 N–H and O–H groups in total. The monoisotopic (exact) mass is 296 g/mol. The van der Waals surface area contributed by atoms with Gasteiger partial charge in [0.25, 0.3) is 0 Å². The van der Waals surface area contributed by atoms with E-state index in [1.165, 1.54) is 21.2 Å². The second-order valence-electron chi connectivity index (χ2n) is 5.32. The lowest BCUT2D eigenvalue weighted by atomic mass is 9.97. The van der Waals surface area contributed by atoms with Crippen molar-refractivity contribution in [2.75, 3.05) is 0 Å². The Balaban J connectivity index is 1.99. The molecule has 0 saturated heterocycles. The summed E-state index contributed by atoms with van der Waals surface area (Å²) in [6.07, 6.45) is 1.53. The molecule has 1 atom stereocenters. The van der Waals surface area contributed by atoms with Gasteiger partial charge in [-0.3, -0.25) is 0 Å². The lowest BCUT2D eigenvalue weighted by Crippen LogP contribution is -2.00. The molecule has 108 valence electrons. The lowest BCUT2D eigenvalue weighted by molar-refractivity contribution is 0.224. The number of thiophene rings is 1. The molecule has 0 saturated carbocycles. The minimum Gasteiger partial charge on any atom is -0.383 e. The molecule has 0 spiro atoms. The fourth-order valence-corrected chi connectivity index (χ4v) is 3.87. The molecule has 0 aliphatic rings. The molecule has 0 bridgehead atoms. The van der Waals surface area contributed by atoms with Crippen LogP contribution in [0.15, 0.2) is 48.5 Å². The zero-order valence-electron chi connectivity index (χ0n) is 12.5. The van der Waals surface area contributed by atoms with Gasteiger partial charge in [-0.1, -0.05) is 50.2 Å². The summed E-state index contributed by atoms with van der Waals surface area (Å²) < 4.78 is 1.23. The molecule has 3 rings (SSSR count). The second-order valence-corrected chi connectivity index (χ2v) is 6.44. The van der Waals surface area contributed by atoms with E-state index < -0.39 is 6.10 Å². The average molecular weight is 296 g/mol. The second kappa shape index (κ2) is 6.00. The van der Waals surface area contributed by atoms with Gasteiger partial charge in [-0.15, -0.1) is 11.3 Å². The minimum atomic E-state index is -0.529. The number of rotatable bonds is 4. The van der Waals surface area contributed by atoms with Crippen LogP contribution >= 0.6 is 11.3 Å². The van der Waals surface area contributed by atoms with Crippen LogP contribution in [0.2, 0.25) is 0 Å². The highest BCUT2D eigenvalue weighted by molar-refractivity contribution is 7.19. The maximum Gasteiger partial charge on any atom is 0.113 e. The zero-order valence-corrected chi connectivity index (χ0v) is 13.3. The molecule has 2 aromatic carbocycles. The van der Waals surface area contributed by atoms with Crippen LogP contribution in [-0.4, -0.2) is 5.11 Å². The van der Waals surface area contributed by atoms with E-state index in [0.717, 1.165) is 23.3 Å². The van der Waals surface area contributed by atoms with Crippen molar-refractivity contribution in [2.45, 2.75) is 32.8 Å². The van der Waals surface area contributed by atoms with Crippen molar-refractivity contribution in [3.05, 3.63) is 70.1 Å². The fraction of sp³-hybridized carbons (Fsp3) is 0.263. The van der Waals surface area contributed by atoms with E-state index in [-0.39, 0.29) is 0 Å². The van der Waals surface area contributed by atoms with Gasteiger partial charge in [0, 0.05) is 9.58 Å². The van der Waals surface area contributed by atoms with Crippen LogP contribution < -0.4 is 0 Å². The SMILES string of the molecule is CCc1ccc(C(O)c2cc3ccccc3s2)cc1CC. The molecule has 1 unspecified atom stereocenters. The molecule has 2 heteroatoms. The third-order valence-corrected chi connectivity index (χ3v) is 5.19. The fourth-order valence-electron chi connectivity index (χ4n) is 2.79. The number of aliphatic hydroxyl groups excluding tert-OH is 1. The Morgan fingerprint density at radius 2 is 1.71 bits per heavy atom. The molecular formula is C19H20OS. The van der Waals surface area contributed by atoms with E-state index >= 15 is 0 Å². The Morgan fingerprint density at radius 1 is 0.952 bits per heavy atom. The number of aryl methyl sites for hydroxylation is 2. The van der Waals surface area contributed by atoms with Crippen molar-refractivity contribution in [3.63, 3.8) is 0 Å². The van der Waals surface area contributed by atoms with Crippen LogP contribution in [-0.2, 0) is 12.8 Å². The highest BCUT2D eigenvalue weighted by Crippen LogP contribution is 2.33. The number of benzene rings is 2. The van der Waals surface area contributed by atoms with E-state index in [2.05, 4.69) is 50.2 Å². The molecule has 0 radical (unpaired) electrons. The standard InChI is InChI=1S/C19H20OS/c1-3-13-9-10-16(11-14(13)4-2)19(20)18-12-15-7-5-6-8-17(15)21-18/h5-12,19-20H,3-4H2,1-2H3. The summed E-state index contributed by atoms with van der Waals surface area (Å²) in [5, 5.41) is 11.9. The summed E-state index contributed by atoms with van der Waals surface area (Å²) in [6.45, 7) is 4.35. The zero-order chi connectivity index (χ0) is 14.8. The molecule has 0 aliphatic carbocycles. The molecule has 1 nitrogen and oxygen atoms in total. The summed E-state index contributed by atoms with van der Waals surface area (Å²) in [5.74, 6) is 0. The van der Waals surface area contributed by atoms with Gasteiger partial charge in [0.1, 0.15) is 6.10 Å². The lowest BCUT2D eigenvalue weighted by Gasteiger charge is -2.13. The predicted molar refractivity (Wildman–Crippen MR) is 91.1 cm³/mol. The number of fused-ring (bicyclic) bond motifs is 1. The van der Waals surface area contributed by atoms with Gasteiger partial charge < -0.3 is 5.11 Å². The highest BCUT2D eigenvalue weighted by atomic mass is 32.1. The molecule has 3 aromatic rings. The van der Waals surface area contributed by atoms with Crippen molar-refractivity contribution < 1.29 is 5.11 Å². The normalized spacial score (nSPS) is 12.7. The molecule has 0 amide bonds. The molecule has 0 fully saturated rings. The van der Waals surface area contributed by atoms with Gasteiger partial charge in [0.05, 0.1) is 0 Å². The Bertz CT molecular complexity index is 724. The van der Waals surface area contributed by atoms with Crippen LogP contribution in [0, 0.1) is 0 Å². The number of aliphatic hydroxyl groups is 1. The molecule has 1 heterocycles. The first-order valence-corrected chi connectivity index (χ1v) is 8.32. The third kappa shape index (κ3) is 2.74. The molecule has 1 aromatic heterocycles. The van der Waals surface area contributed by atoms with Crippen LogP contribution in [0.4, 0.5) is 0 Å². The van der Waals surface area contributed by atoms with E-state index in [1.807, 2.05) is 12.1 Å². The van der Waals surface area contributed by atoms with Crippen molar-refractivity contribution in [1.29, 1.82) is 0 Å². The van der Waals surface area contributed by atoms with Crippen LogP contribution in [0.3, 0.4) is 0 Å². The van der Waals surface area contributed by atoms with Gasteiger partial charge in [-0.25, -0.2) is 0 Å². The van der Waals surface area contributed by atoms with Crippen LogP contribution in [0.1, 0.15) is 41.5 Å². The highest BCUT2D eigenvalue weighted by Gasteiger charge is 2.14. The smallest absolute Gasteiger partial charge is 0.113 e. The number of hydrogen-bond acceptors (Lipinski definition) is 2. The van der Waals surface area contributed by atoms with Gasteiger partial charge in [-0.05, 0) is 47.1 Å². The topological polar surface area (TPSA) is 20.2 Å². The van der Waals surface area contributed by atoms with Gasteiger partial charge in [-0.2, -0.15) is 0 Å². The van der Waals surface area contributed by atoms with Gasteiger partial charge in [0.15, 0.2) is 0 Å². The quantitative estimate of drug-likeness (QED) is 0.709. The Hall–Kier alpha value is -1.64. The minimum absolute atomic E-state index is 0.529. The van der Waals surface area contributed by atoms with Gasteiger partial charge >= 0.3 is 0 Å². The Labute approximate surface area is 129 Å². The van der Waals surface area contributed by atoms with E-state index in [0.29, 0.717) is 0 Å². The summed E-state index contributed by atoms with van der Waals surface area (Å²) in [7, 11) is 0. The van der Waals surface area contributed by atoms with E-state index in [1.54, 1.807) is 11.3 Å². The molecular weight excluding hydrogens is 276 g/mol. The van der Waals surface area contributed by atoms with Gasteiger partial charge in [0.2, 0.25) is 0 Å². The molecule has 21 heavy (non-hydrogen) atoms. The predicted octanol–water partition coefficient (Wildman–Crippen LogP) is 5.11. The first-order valence-electron chi connectivity index (χ1n) is 7.51. The van der Waals surface area contributed by atoms with Crippen molar-refractivity contribution in [2.24, 2.45) is 0 Å². The van der Waals surface area contributed by atoms with Crippen molar-refractivity contribution in [1.82, 2.24) is 0 Å². The Kier molecular flexibility index (Phi) is 4.09. The Morgan fingerprint density at radius 3 is 2.43 bits per heavy atom. The van der Waals surface area contributed by atoms with E-state index in [9.17, 15) is 5.11 Å². The maximum absolute atomic E-state index is 10.7. The average Bonchev–Trinajstić information content (AvgIpc) is 2.97. The summed E-state index contributed by atoms with van der Waals surface area (Å²) >= 11 is 1.67. The van der Waals surface area contributed by atoms with E-state index in [4.69, 9.17) is 0 Å². The first kappa shape index (κ1) is 14.3. The number of hydrogen-bond donors (Lipinski definition) is 1. The summed E-state index contributed by atoms with van der Waals surface area (Å²) in [5.41, 5.74) is 3.72. The third-order valence-electron chi connectivity index (χ3n) is 4.02. The largest absolute Gasteiger partial charge is 0.383 e. The molecule has 0 aliphatic heterocycles. The van der Waals surface area contributed by atoms with Crippen LogP contribution in [0.5, 0.6) is 0 Å². The first-order chi connectivity index (χ1) is 10.2. The van der Waals surface area contributed by atoms with Crippen molar-refractivity contribution in [3.8, 4) is 0 Å². The summed E-state index contributed by atoms with van der Waals surface area (Å²) in [4.78, 5) is 1.02. The summed E-state index contributed by atoms with van der Waals surface area (Å²) in [6, 6.07) is 16.8.